The molecule has 2 N–H and O–H groups in total. The number of likely N-dealkylation sites (N-methyl/N-ethyl adjacent to an activating group) is 1. The first-order valence-electron chi connectivity index (χ1n) is 12.3. The second-order valence-electron chi connectivity index (χ2n) is 9.38. The summed E-state index contributed by atoms with van der Waals surface area (Å²) in [5.41, 5.74) is 2.97. The van der Waals surface area contributed by atoms with Crippen molar-refractivity contribution >= 4 is 15.7 Å². The molecule has 0 radical (unpaired) electrons. The van der Waals surface area contributed by atoms with Crippen LogP contribution in [0.15, 0.2) is 96.4 Å². The Labute approximate surface area is 219 Å². The number of anilines is 1. The predicted octanol–water partition coefficient (Wildman–Crippen LogP) is 4.89. The summed E-state index contributed by atoms with van der Waals surface area (Å²) in [6, 6.07) is 23.1. The lowest BCUT2D eigenvalue weighted by molar-refractivity contribution is -0.275. The van der Waals surface area contributed by atoms with Gasteiger partial charge < -0.3 is 19.5 Å². The van der Waals surface area contributed by atoms with E-state index >= 15 is 0 Å². The van der Waals surface area contributed by atoms with Crippen LogP contribution in [0.4, 0.5) is 5.69 Å². The maximum Gasteiger partial charge on any atom is 0.261 e. The molecule has 3 aromatic carbocycles. The van der Waals surface area contributed by atoms with Gasteiger partial charge in [0, 0.05) is 30.3 Å². The molecule has 3 aromatic rings. The van der Waals surface area contributed by atoms with Crippen molar-refractivity contribution in [1.29, 1.82) is 0 Å². The highest BCUT2D eigenvalue weighted by molar-refractivity contribution is 7.92. The first-order valence-corrected chi connectivity index (χ1v) is 13.8. The zero-order chi connectivity index (χ0) is 26.4. The van der Waals surface area contributed by atoms with E-state index in [2.05, 4.69) is 23.1 Å². The van der Waals surface area contributed by atoms with Gasteiger partial charge in [0.15, 0.2) is 6.29 Å². The first kappa shape index (κ1) is 27.0. The molecule has 0 bridgehead atoms. The van der Waals surface area contributed by atoms with E-state index < -0.39 is 16.3 Å². The molecule has 0 amide bonds. The third kappa shape index (κ3) is 6.66. The smallest absolute Gasteiger partial charge is 0.261 e. The van der Waals surface area contributed by atoms with Crippen LogP contribution in [0.2, 0.25) is 0 Å². The standard InChI is InChI=1S/C29H34N2O5S/c1-4-17-31(3)19-27-21(2)28(23-15-13-22(20-32)14-16-23)36-29(35-27)24-9-8-10-25(18-24)30-37(33,34)26-11-6-5-7-12-26/h4-16,18,21,27-30,32H,1,17,19-20H2,2-3H3/t21-,27+,28+,29+/m0/s1. The van der Waals surface area contributed by atoms with Gasteiger partial charge in [0.2, 0.25) is 0 Å². The van der Waals surface area contributed by atoms with Gasteiger partial charge in [-0.2, -0.15) is 0 Å². The molecule has 0 saturated carbocycles. The summed E-state index contributed by atoms with van der Waals surface area (Å²) >= 11 is 0. The van der Waals surface area contributed by atoms with Gasteiger partial charge in [-0.25, -0.2) is 8.42 Å². The minimum Gasteiger partial charge on any atom is -0.392 e. The van der Waals surface area contributed by atoms with E-state index in [1.165, 1.54) is 0 Å². The van der Waals surface area contributed by atoms with Crippen LogP contribution in [0.1, 0.15) is 36.0 Å². The Hall–Kier alpha value is -3.01. The van der Waals surface area contributed by atoms with Gasteiger partial charge in [-0.05, 0) is 42.4 Å². The molecule has 0 aromatic heterocycles. The summed E-state index contributed by atoms with van der Waals surface area (Å²) in [6.07, 6.45) is 0.769. The Kier molecular flexibility index (Phi) is 8.79. The Morgan fingerprint density at radius 2 is 1.73 bits per heavy atom. The molecule has 7 nitrogen and oxygen atoms in total. The normalized spacial score (nSPS) is 22.1. The molecule has 0 spiro atoms. The van der Waals surface area contributed by atoms with Crippen LogP contribution in [-0.2, 0) is 26.1 Å². The van der Waals surface area contributed by atoms with Crippen molar-refractivity contribution < 1.29 is 23.0 Å². The van der Waals surface area contributed by atoms with E-state index in [-0.39, 0.29) is 29.6 Å². The second-order valence-corrected chi connectivity index (χ2v) is 11.1. The number of hydrogen-bond donors (Lipinski definition) is 2. The Morgan fingerprint density at radius 1 is 1.00 bits per heavy atom. The zero-order valence-corrected chi connectivity index (χ0v) is 22.0. The van der Waals surface area contributed by atoms with Crippen LogP contribution in [0.25, 0.3) is 0 Å². The lowest BCUT2D eigenvalue weighted by Gasteiger charge is -2.42. The molecule has 4 rings (SSSR count). The van der Waals surface area contributed by atoms with E-state index in [4.69, 9.17) is 9.47 Å². The van der Waals surface area contributed by atoms with Gasteiger partial charge in [0.1, 0.15) is 0 Å². The van der Waals surface area contributed by atoms with Crippen molar-refractivity contribution in [2.75, 3.05) is 24.9 Å². The summed E-state index contributed by atoms with van der Waals surface area (Å²) in [7, 11) is -1.71. The molecule has 37 heavy (non-hydrogen) atoms. The molecular weight excluding hydrogens is 488 g/mol. The van der Waals surface area contributed by atoms with Gasteiger partial charge in [-0.15, -0.1) is 6.58 Å². The van der Waals surface area contributed by atoms with Crippen molar-refractivity contribution in [1.82, 2.24) is 4.90 Å². The fourth-order valence-electron chi connectivity index (χ4n) is 4.49. The number of aliphatic hydroxyl groups excluding tert-OH is 1. The summed E-state index contributed by atoms with van der Waals surface area (Å²) in [6.45, 7) is 7.33. The maximum absolute atomic E-state index is 12.9. The molecule has 1 heterocycles. The number of aliphatic hydroxyl groups is 1. The Balaban J connectivity index is 1.61. The molecule has 0 aliphatic carbocycles. The van der Waals surface area contributed by atoms with E-state index in [1.807, 2.05) is 43.5 Å². The number of nitrogens with one attached hydrogen (secondary N) is 1. The lowest BCUT2D eigenvalue weighted by atomic mass is 9.90. The van der Waals surface area contributed by atoms with Crippen molar-refractivity contribution in [3.8, 4) is 0 Å². The van der Waals surface area contributed by atoms with Gasteiger partial charge in [0.05, 0.1) is 23.7 Å². The highest BCUT2D eigenvalue weighted by atomic mass is 32.2. The quantitative estimate of drug-likeness (QED) is 0.369. The third-order valence-corrected chi connectivity index (χ3v) is 7.92. The van der Waals surface area contributed by atoms with Crippen LogP contribution in [-0.4, -0.2) is 44.7 Å². The minimum atomic E-state index is -3.73. The van der Waals surface area contributed by atoms with E-state index in [1.54, 1.807) is 48.5 Å². The van der Waals surface area contributed by atoms with Gasteiger partial charge >= 0.3 is 0 Å². The molecule has 1 aliphatic heterocycles. The van der Waals surface area contributed by atoms with Crippen molar-refractivity contribution in [3.05, 3.63) is 108 Å². The zero-order valence-electron chi connectivity index (χ0n) is 21.2. The number of nitrogens with zero attached hydrogens (tertiary/aromatic N) is 1. The van der Waals surface area contributed by atoms with Crippen LogP contribution in [0.5, 0.6) is 0 Å². The SMILES string of the molecule is C=CCN(C)C[C@H]1O[C@@H](c2cccc(NS(=O)(=O)c3ccccc3)c2)O[C@@H](c2ccc(CO)cc2)[C@H]1C. The summed E-state index contributed by atoms with van der Waals surface area (Å²) in [4.78, 5) is 2.34. The number of ether oxygens (including phenoxy) is 2. The van der Waals surface area contributed by atoms with Gasteiger partial charge in [-0.1, -0.05) is 67.6 Å². The van der Waals surface area contributed by atoms with E-state index in [0.717, 1.165) is 17.7 Å². The Morgan fingerprint density at radius 3 is 2.41 bits per heavy atom. The molecule has 1 fully saturated rings. The average Bonchev–Trinajstić information content (AvgIpc) is 2.90. The van der Waals surface area contributed by atoms with Crippen LogP contribution >= 0.6 is 0 Å². The molecule has 4 atom stereocenters. The number of benzene rings is 3. The topological polar surface area (TPSA) is 88.1 Å². The summed E-state index contributed by atoms with van der Waals surface area (Å²) < 4.78 is 41.3. The Bertz CT molecular complexity index is 1280. The predicted molar refractivity (Wildman–Crippen MR) is 144 cm³/mol. The molecule has 1 saturated heterocycles. The van der Waals surface area contributed by atoms with Gasteiger partial charge in [-0.3, -0.25) is 4.72 Å². The average molecular weight is 523 g/mol. The molecule has 1 aliphatic rings. The summed E-state index contributed by atoms with van der Waals surface area (Å²) in [5.74, 6) is 0.0447. The maximum atomic E-state index is 12.9. The number of hydrogen-bond acceptors (Lipinski definition) is 6. The van der Waals surface area contributed by atoms with Crippen molar-refractivity contribution in [2.24, 2.45) is 5.92 Å². The highest BCUT2D eigenvalue weighted by Gasteiger charge is 2.38. The van der Waals surface area contributed by atoms with Crippen molar-refractivity contribution in [2.45, 2.75) is 36.9 Å². The highest BCUT2D eigenvalue weighted by Crippen LogP contribution is 2.42. The monoisotopic (exact) mass is 522 g/mol. The fourth-order valence-corrected chi connectivity index (χ4v) is 5.56. The first-order chi connectivity index (χ1) is 17.8. The number of sulfonamides is 1. The second kappa shape index (κ2) is 12.0. The van der Waals surface area contributed by atoms with E-state index in [0.29, 0.717) is 17.8 Å². The summed E-state index contributed by atoms with van der Waals surface area (Å²) in [5, 5.41) is 9.44. The van der Waals surface area contributed by atoms with Crippen LogP contribution in [0, 0.1) is 5.92 Å². The largest absolute Gasteiger partial charge is 0.392 e. The molecule has 0 unspecified atom stereocenters. The van der Waals surface area contributed by atoms with Gasteiger partial charge in [0.25, 0.3) is 10.0 Å². The number of rotatable bonds is 10. The molecular formula is C29H34N2O5S. The van der Waals surface area contributed by atoms with Crippen molar-refractivity contribution in [3.63, 3.8) is 0 Å². The van der Waals surface area contributed by atoms with E-state index in [9.17, 15) is 13.5 Å². The molecule has 8 heteroatoms. The fraction of sp³-hybridized carbons (Fsp3) is 0.310. The minimum absolute atomic E-state index is 0.0201. The lowest BCUT2D eigenvalue weighted by Crippen LogP contribution is -2.43. The third-order valence-electron chi connectivity index (χ3n) is 6.52. The van der Waals surface area contributed by atoms with Crippen LogP contribution < -0.4 is 4.72 Å². The van der Waals surface area contributed by atoms with Crippen LogP contribution in [0.3, 0.4) is 0 Å². The molecule has 196 valence electrons.